The summed E-state index contributed by atoms with van der Waals surface area (Å²) in [5, 5.41) is 2.90. The minimum atomic E-state index is -0.430. The van der Waals surface area contributed by atoms with Crippen molar-refractivity contribution in [2.24, 2.45) is 11.7 Å². The average Bonchev–Trinajstić information content (AvgIpc) is 2.72. The van der Waals surface area contributed by atoms with Gasteiger partial charge in [0.15, 0.2) is 0 Å². The fourth-order valence-corrected chi connectivity index (χ4v) is 2.37. The van der Waals surface area contributed by atoms with E-state index in [0.717, 1.165) is 11.4 Å². The van der Waals surface area contributed by atoms with Gasteiger partial charge in [-0.2, -0.15) is 0 Å². The summed E-state index contributed by atoms with van der Waals surface area (Å²) in [6.07, 6.45) is 0.793. The molecule has 6 heteroatoms. The quantitative estimate of drug-likeness (QED) is 0.795. The van der Waals surface area contributed by atoms with Crippen molar-refractivity contribution in [3.05, 3.63) is 24.3 Å². The van der Waals surface area contributed by atoms with E-state index in [9.17, 15) is 9.59 Å². The van der Waals surface area contributed by atoms with Gasteiger partial charge in [-0.25, -0.2) is 0 Å². The van der Waals surface area contributed by atoms with Crippen LogP contribution < -0.4 is 16.0 Å². The van der Waals surface area contributed by atoms with Crippen molar-refractivity contribution in [3.8, 4) is 0 Å². The lowest BCUT2D eigenvalue weighted by molar-refractivity contribution is -0.125. The van der Waals surface area contributed by atoms with Crippen LogP contribution in [0.4, 0.5) is 11.4 Å². The lowest BCUT2D eigenvalue weighted by Crippen LogP contribution is -2.28. The zero-order valence-electron chi connectivity index (χ0n) is 10.3. The number of carbonyl (C=O) groups is 2. The Morgan fingerprint density at radius 2 is 2.16 bits per heavy atom. The van der Waals surface area contributed by atoms with Gasteiger partial charge in [0.1, 0.15) is 0 Å². The van der Waals surface area contributed by atoms with Gasteiger partial charge in [-0.1, -0.05) is 12.2 Å². The summed E-state index contributed by atoms with van der Waals surface area (Å²) >= 11 is 4.70. The van der Waals surface area contributed by atoms with Gasteiger partial charge in [0.2, 0.25) is 11.8 Å². The highest BCUT2D eigenvalue weighted by atomic mass is 32.1. The number of benzene rings is 1. The van der Waals surface area contributed by atoms with Gasteiger partial charge in [0.25, 0.3) is 0 Å². The second-order valence-electron chi connectivity index (χ2n) is 4.45. The minimum absolute atomic E-state index is 0.0330. The van der Waals surface area contributed by atoms with Crippen molar-refractivity contribution in [1.82, 2.24) is 0 Å². The Morgan fingerprint density at radius 1 is 1.47 bits per heavy atom. The monoisotopic (exact) mass is 277 g/mol. The molecule has 1 aromatic carbocycles. The van der Waals surface area contributed by atoms with Gasteiger partial charge in [-0.3, -0.25) is 9.59 Å². The molecule has 1 heterocycles. The van der Waals surface area contributed by atoms with Crippen LogP contribution in [0, 0.1) is 5.92 Å². The third-order valence-corrected chi connectivity index (χ3v) is 3.29. The van der Waals surface area contributed by atoms with Gasteiger partial charge in [0.05, 0.1) is 5.49 Å². The molecule has 3 N–H and O–H groups in total. The van der Waals surface area contributed by atoms with E-state index in [2.05, 4.69) is 5.32 Å². The second kappa shape index (κ2) is 5.79. The van der Waals surface area contributed by atoms with Crippen LogP contribution in [-0.4, -0.2) is 23.9 Å². The maximum atomic E-state index is 12.1. The molecule has 1 unspecified atom stereocenters. The van der Waals surface area contributed by atoms with Crippen molar-refractivity contribution in [1.29, 1.82) is 0 Å². The Hall–Kier alpha value is -1.95. The van der Waals surface area contributed by atoms with Crippen molar-refractivity contribution in [3.63, 3.8) is 0 Å². The van der Waals surface area contributed by atoms with Crippen LogP contribution in [0.3, 0.4) is 0 Å². The van der Waals surface area contributed by atoms with Crippen LogP contribution in [-0.2, 0) is 9.59 Å². The molecule has 1 saturated heterocycles. The van der Waals surface area contributed by atoms with Gasteiger partial charge in [-0.05, 0) is 30.7 Å². The summed E-state index contributed by atoms with van der Waals surface area (Å²) in [7, 11) is 0. The molecular formula is C13H15N3O2S. The van der Waals surface area contributed by atoms with Crippen LogP contribution in [0.2, 0.25) is 0 Å². The van der Waals surface area contributed by atoms with E-state index in [4.69, 9.17) is 18.0 Å². The Labute approximate surface area is 116 Å². The van der Waals surface area contributed by atoms with E-state index in [1.54, 1.807) is 4.90 Å². The van der Waals surface area contributed by atoms with E-state index < -0.39 is 5.91 Å². The van der Waals surface area contributed by atoms with E-state index in [1.807, 2.05) is 24.3 Å². The molecule has 19 heavy (non-hydrogen) atoms. The van der Waals surface area contributed by atoms with Crippen LogP contribution >= 0.6 is 12.2 Å². The molecule has 1 atom stereocenters. The first kappa shape index (κ1) is 13.5. The molecular weight excluding hydrogens is 262 g/mol. The normalized spacial score (nSPS) is 18.4. The van der Waals surface area contributed by atoms with Crippen molar-refractivity contribution in [2.75, 3.05) is 16.8 Å². The number of carbonyl (C=O) groups excluding carboxylic acids is 2. The highest BCUT2D eigenvalue weighted by molar-refractivity contribution is 7.79. The predicted molar refractivity (Wildman–Crippen MR) is 78.0 cm³/mol. The molecule has 1 fully saturated rings. The molecule has 0 aromatic heterocycles. The average molecular weight is 277 g/mol. The van der Waals surface area contributed by atoms with Crippen LogP contribution in [0.15, 0.2) is 24.3 Å². The maximum absolute atomic E-state index is 12.1. The molecule has 0 bridgehead atoms. The maximum Gasteiger partial charge on any atom is 0.230 e. The third kappa shape index (κ3) is 3.08. The molecule has 5 nitrogen and oxygen atoms in total. The van der Waals surface area contributed by atoms with E-state index in [0.29, 0.717) is 13.0 Å². The topological polar surface area (TPSA) is 75.4 Å². The fraction of sp³-hybridized carbons (Fsp3) is 0.308. The Bertz CT molecular complexity index is 501. The predicted octanol–water partition coefficient (Wildman–Crippen LogP) is 1.28. The largest absolute Gasteiger partial charge is 0.370 e. The first-order valence-electron chi connectivity index (χ1n) is 6.01. The minimum Gasteiger partial charge on any atom is -0.370 e. The Balaban J connectivity index is 2.08. The lowest BCUT2D eigenvalue weighted by Gasteiger charge is -2.17. The highest BCUT2D eigenvalue weighted by Gasteiger charge is 2.33. The number of thiocarbonyl (C=S) groups is 1. The number of rotatable bonds is 5. The Kier molecular flexibility index (Phi) is 4.11. The highest BCUT2D eigenvalue weighted by Crippen LogP contribution is 2.27. The number of amides is 2. The standard InChI is InChI=1S/C13H15N3O2S/c14-12(17)7-9-5-6-16(13(9)18)11-3-1-10(2-4-11)15-8-19/h1-4,8-9H,5-7H2,(H2,14,17)(H,15,19). The van der Waals surface area contributed by atoms with Crippen molar-refractivity contribution in [2.45, 2.75) is 12.8 Å². The van der Waals surface area contributed by atoms with E-state index in [-0.39, 0.29) is 18.2 Å². The van der Waals surface area contributed by atoms with Crippen molar-refractivity contribution < 1.29 is 9.59 Å². The first-order valence-corrected chi connectivity index (χ1v) is 6.49. The molecule has 0 radical (unpaired) electrons. The van der Waals surface area contributed by atoms with Crippen LogP contribution in [0.5, 0.6) is 0 Å². The number of anilines is 2. The second-order valence-corrected chi connectivity index (χ2v) is 4.69. The summed E-state index contributed by atoms with van der Waals surface area (Å²) in [4.78, 5) is 24.7. The zero-order valence-corrected chi connectivity index (χ0v) is 11.2. The Morgan fingerprint density at radius 3 is 2.74 bits per heavy atom. The van der Waals surface area contributed by atoms with Gasteiger partial charge in [0, 0.05) is 30.3 Å². The zero-order chi connectivity index (χ0) is 13.8. The van der Waals surface area contributed by atoms with Crippen LogP contribution in [0.1, 0.15) is 12.8 Å². The third-order valence-electron chi connectivity index (χ3n) is 3.17. The number of nitrogens with zero attached hydrogens (tertiary/aromatic N) is 1. The molecule has 100 valence electrons. The van der Waals surface area contributed by atoms with Gasteiger partial charge in [-0.15, -0.1) is 0 Å². The van der Waals surface area contributed by atoms with E-state index >= 15 is 0 Å². The molecule has 0 aliphatic carbocycles. The molecule has 0 spiro atoms. The molecule has 1 aliphatic heterocycles. The van der Waals surface area contributed by atoms with Gasteiger partial charge < -0.3 is 16.0 Å². The number of hydrogen-bond donors (Lipinski definition) is 2. The van der Waals surface area contributed by atoms with E-state index in [1.165, 1.54) is 5.49 Å². The molecule has 1 aliphatic rings. The molecule has 2 rings (SSSR count). The summed E-state index contributed by atoms with van der Waals surface area (Å²) in [6, 6.07) is 7.41. The fourth-order valence-electron chi connectivity index (χ4n) is 2.23. The number of nitrogens with two attached hydrogens (primary N) is 1. The molecule has 0 saturated carbocycles. The molecule has 2 amide bonds. The lowest BCUT2D eigenvalue weighted by atomic mass is 10.0. The molecule has 1 aromatic rings. The van der Waals surface area contributed by atoms with Crippen molar-refractivity contribution >= 4 is 40.9 Å². The summed E-state index contributed by atoms with van der Waals surface area (Å²) in [6.45, 7) is 0.622. The number of nitrogens with one attached hydrogen (secondary N) is 1. The number of hydrogen-bond acceptors (Lipinski definition) is 3. The summed E-state index contributed by atoms with van der Waals surface area (Å²) in [5.74, 6) is -0.744. The first-order chi connectivity index (χ1) is 9.11. The van der Waals surface area contributed by atoms with Gasteiger partial charge >= 0.3 is 0 Å². The smallest absolute Gasteiger partial charge is 0.230 e. The van der Waals surface area contributed by atoms with Crippen LogP contribution in [0.25, 0.3) is 0 Å². The SMILES string of the molecule is NC(=O)CC1CCN(c2ccc(NC=S)cc2)C1=O. The summed E-state index contributed by atoms with van der Waals surface area (Å²) in [5.41, 5.74) is 8.27. The summed E-state index contributed by atoms with van der Waals surface area (Å²) < 4.78 is 0. The number of primary amides is 1.